The van der Waals surface area contributed by atoms with Gasteiger partial charge in [-0.25, -0.2) is 4.98 Å². The van der Waals surface area contributed by atoms with E-state index in [-0.39, 0.29) is 0 Å². The van der Waals surface area contributed by atoms with Gasteiger partial charge in [0.1, 0.15) is 0 Å². The van der Waals surface area contributed by atoms with E-state index in [0.717, 1.165) is 55.2 Å². The topological polar surface area (TPSA) is 43.6 Å². The van der Waals surface area contributed by atoms with Crippen molar-refractivity contribution in [2.24, 2.45) is 0 Å². The number of para-hydroxylation sites is 1. The smallest absolute Gasteiger partial charge is 0.238 e. The lowest BCUT2D eigenvalue weighted by atomic mass is 9.70. The fourth-order valence-electron chi connectivity index (χ4n) is 10.5. The standard InChI is InChI=1S/C58H36N4/c1-3-17-37(18-4-1)41-21-7-8-26-48(41)56-59-55(38-19-5-2-6-20-38)60-57(61-56)62-53-30-16-12-25-46(53)47-34-32-40(36-54(47)62)39-31-33-45-44-24-11-15-29-51(44)58(52(45)35-39)49-27-13-9-22-42(49)43-23-10-14-28-50(43)58/h1-36H. The van der Waals surface area contributed by atoms with E-state index in [1.54, 1.807) is 0 Å². The largest absolute Gasteiger partial charge is 0.278 e. The second-order valence-corrected chi connectivity index (χ2v) is 16.3. The summed E-state index contributed by atoms with van der Waals surface area (Å²) in [6.07, 6.45) is 0. The van der Waals surface area contributed by atoms with Gasteiger partial charge < -0.3 is 0 Å². The van der Waals surface area contributed by atoms with Crippen molar-refractivity contribution in [3.63, 3.8) is 0 Å². The van der Waals surface area contributed by atoms with Crippen molar-refractivity contribution in [3.05, 3.63) is 241 Å². The molecule has 11 aromatic rings. The van der Waals surface area contributed by atoms with Gasteiger partial charge in [0.15, 0.2) is 11.6 Å². The summed E-state index contributed by atoms with van der Waals surface area (Å²) in [5.74, 6) is 1.81. The molecule has 2 heterocycles. The predicted molar refractivity (Wildman–Crippen MR) is 252 cm³/mol. The van der Waals surface area contributed by atoms with Crippen LogP contribution < -0.4 is 0 Å². The quantitative estimate of drug-likeness (QED) is 0.174. The highest BCUT2D eigenvalue weighted by Crippen LogP contribution is 2.63. The number of aromatic nitrogens is 4. The van der Waals surface area contributed by atoms with Crippen LogP contribution in [0.3, 0.4) is 0 Å². The second kappa shape index (κ2) is 13.4. The molecule has 4 heteroatoms. The Morgan fingerprint density at radius 2 is 0.774 bits per heavy atom. The maximum atomic E-state index is 5.36. The minimum absolute atomic E-state index is 0.417. The van der Waals surface area contributed by atoms with E-state index in [4.69, 9.17) is 15.0 Å². The van der Waals surface area contributed by atoms with Crippen molar-refractivity contribution < 1.29 is 0 Å². The van der Waals surface area contributed by atoms with Crippen LogP contribution in [0.4, 0.5) is 0 Å². The fourth-order valence-corrected chi connectivity index (χ4v) is 10.5. The van der Waals surface area contributed by atoms with Gasteiger partial charge in [-0.05, 0) is 85.0 Å². The number of benzene rings is 9. The molecule has 0 amide bonds. The molecule has 0 aliphatic heterocycles. The van der Waals surface area contributed by atoms with Crippen LogP contribution in [0.25, 0.3) is 95.0 Å². The third kappa shape index (κ3) is 4.92. The van der Waals surface area contributed by atoms with Gasteiger partial charge in [-0.15, -0.1) is 0 Å². The maximum Gasteiger partial charge on any atom is 0.238 e. The van der Waals surface area contributed by atoms with Crippen molar-refractivity contribution in [2.75, 3.05) is 0 Å². The van der Waals surface area contributed by atoms with Crippen LogP contribution in [0.5, 0.6) is 0 Å². The molecule has 0 fully saturated rings. The molecule has 13 rings (SSSR count). The van der Waals surface area contributed by atoms with Gasteiger partial charge in [-0.3, -0.25) is 4.57 Å². The first-order valence-electron chi connectivity index (χ1n) is 21.2. The summed E-state index contributed by atoms with van der Waals surface area (Å²) in [4.78, 5) is 15.8. The molecule has 0 unspecified atom stereocenters. The Morgan fingerprint density at radius 1 is 0.290 bits per heavy atom. The highest BCUT2D eigenvalue weighted by atomic mass is 15.2. The zero-order valence-corrected chi connectivity index (χ0v) is 33.6. The molecule has 2 aliphatic rings. The van der Waals surface area contributed by atoms with Crippen molar-refractivity contribution in [2.45, 2.75) is 5.41 Å². The van der Waals surface area contributed by atoms with E-state index in [9.17, 15) is 0 Å². The van der Waals surface area contributed by atoms with E-state index < -0.39 is 5.41 Å². The number of hydrogen-bond acceptors (Lipinski definition) is 3. The van der Waals surface area contributed by atoms with E-state index >= 15 is 0 Å². The van der Waals surface area contributed by atoms with Gasteiger partial charge in [0.2, 0.25) is 5.95 Å². The Kier molecular flexibility index (Phi) is 7.49. The lowest BCUT2D eigenvalue weighted by Crippen LogP contribution is -2.25. The Balaban J connectivity index is 1.04. The van der Waals surface area contributed by atoms with Crippen LogP contribution in [0.2, 0.25) is 0 Å². The molecule has 4 nitrogen and oxygen atoms in total. The van der Waals surface area contributed by atoms with Crippen LogP contribution in [-0.2, 0) is 5.41 Å². The zero-order valence-electron chi connectivity index (χ0n) is 33.6. The molecule has 0 atom stereocenters. The molecule has 288 valence electrons. The molecule has 9 aromatic carbocycles. The van der Waals surface area contributed by atoms with Crippen LogP contribution in [0.15, 0.2) is 218 Å². The minimum atomic E-state index is -0.417. The average molecular weight is 789 g/mol. The first-order chi connectivity index (χ1) is 30.8. The highest BCUT2D eigenvalue weighted by Gasteiger charge is 2.51. The lowest BCUT2D eigenvalue weighted by Gasteiger charge is -2.30. The molecule has 0 N–H and O–H groups in total. The van der Waals surface area contributed by atoms with E-state index in [2.05, 4.69) is 199 Å². The first kappa shape index (κ1) is 34.6. The molecule has 1 spiro atoms. The van der Waals surface area contributed by atoms with Gasteiger partial charge in [-0.2, -0.15) is 9.97 Å². The molecule has 2 aliphatic carbocycles. The summed E-state index contributed by atoms with van der Waals surface area (Å²) in [5.41, 5.74) is 18.5. The number of fused-ring (bicyclic) bond motifs is 13. The SMILES string of the molecule is c1ccc(-c2nc(-c3ccccc3-c3ccccc3)nc(-n3c4ccccc4c4ccc(-c5ccc6c(c5)C5(c7ccccc7-c7ccccc75)c5ccccc5-6)cc43)n2)cc1. The molecule has 0 bridgehead atoms. The Bertz CT molecular complexity index is 3520. The summed E-state index contributed by atoms with van der Waals surface area (Å²) in [5, 5.41) is 2.28. The van der Waals surface area contributed by atoms with Gasteiger partial charge in [0.25, 0.3) is 0 Å². The molecular formula is C58H36N4. The Hall–Kier alpha value is -8.21. The van der Waals surface area contributed by atoms with Gasteiger partial charge in [0, 0.05) is 21.9 Å². The molecular weight excluding hydrogens is 753 g/mol. The third-order valence-electron chi connectivity index (χ3n) is 13.1. The zero-order chi connectivity index (χ0) is 40.8. The summed E-state index contributed by atoms with van der Waals surface area (Å²) in [7, 11) is 0. The van der Waals surface area contributed by atoms with Crippen molar-refractivity contribution in [3.8, 4) is 73.2 Å². The minimum Gasteiger partial charge on any atom is -0.278 e. The molecule has 0 radical (unpaired) electrons. The lowest BCUT2D eigenvalue weighted by molar-refractivity contribution is 0.794. The van der Waals surface area contributed by atoms with Gasteiger partial charge in [0.05, 0.1) is 16.4 Å². The van der Waals surface area contributed by atoms with E-state index in [1.165, 1.54) is 44.5 Å². The maximum absolute atomic E-state index is 5.36. The second-order valence-electron chi connectivity index (χ2n) is 16.3. The fraction of sp³-hybridized carbons (Fsp3) is 0.0172. The van der Waals surface area contributed by atoms with E-state index in [1.807, 2.05) is 24.3 Å². The third-order valence-corrected chi connectivity index (χ3v) is 13.1. The summed E-state index contributed by atoms with van der Waals surface area (Å²) >= 11 is 0. The van der Waals surface area contributed by atoms with Crippen molar-refractivity contribution >= 4 is 21.8 Å². The molecule has 62 heavy (non-hydrogen) atoms. The normalized spacial score (nSPS) is 13.0. The van der Waals surface area contributed by atoms with Crippen LogP contribution >= 0.6 is 0 Å². The van der Waals surface area contributed by atoms with Crippen molar-refractivity contribution in [1.82, 2.24) is 19.5 Å². The average Bonchev–Trinajstić information content (AvgIpc) is 3.96. The summed E-state index contributed by atoms with van der Waals surface area (Å²) < 4.78 is 2.23. The number of nitrogens with zero attached hydrogens (tertiary/aromatic N) is 4. The Morgan fingerprint density at radius 3 is 1.45 bits per heavy atom. The first-order valence-corrected chi connectivity index (χ1v) is 21.2. The van der Waals surface area contributed by atoms with Gasteiger partial charge in [-0.1, -0.05) is 200 Å². The Labute approximate surface area is 359 Å². The number of rotatable bonds is 5. The summed E-state index contributed by atoms with van der Waals surface area (Å²) in [6.45, 7) is 0. The van der Waals surface area contributed by atoms with Crippen LogP contribution in [-0.4, -0.2) is 19.5 Å². The monoisotopic (exact) mass is 788 g/mol. The molecule has 0 saturated heterocycles. The number of hydrogen-bond donors (Lipinski definition) is 0. The van der Waals surface area contributed by atoms with Crippen LogP contribution in [0.1, 0.15) is 22.3 Å². The predicted octanol–water partition coefficient (Wildman–Crippen LogP) is 14.0. The van der Waals surface area contributed by atoms with Crippen LogP contribution in [0, 0.1) is 0 Å². The molecule has 0 saturated carbocycles. The summed E-state index contributed by atoms with van der Waals surface area (Å²) in [6, 6.07) is 78.6. The van der Waals surface area contributed by atoms with Gasteiger partial charge >= 0.3 is 0 Å². The molecule has 2 aromatic heterocycles. The highest BCUT2D eigenvalue weighted by molar-refractivity contribution is 6.10. The van der Waals surface area contributed by atoms with E-state index in [0.29, 0.717) is 17.6 Å². The van der Waals surface area contributed by atoms with Crippen molar-refractivity contribution in [1.29, 1.82) is 0 Å².